The molecule has 0 bridgehead atoms. The molecule has 10 heteroatoms. The highest BCUT2D eigenvalue weighted by Crippen LogP contribution is 2.29. The molecule has 3 N–H and O–H groups in total. The number of hydrogen-bond donors (Lipinski definition) is 2. The number of nitrogens with one attached hydrogen (secondary N) is 1. The van der Waals surface area contributed by atoms with E-state index in [1.54, 1.807) is 0 Å². The van der Waals surface area contributed by atoms with E-state index in [1.807, 2.05) is 0 Å². The predicted molar refractivity (Wildman–Crippen MR) is 76.5 cm³/mol. The van der Waals surface area contributed by atoms with E-state index in [0.717, 1.165) is 6.07 Å². The van der Waals surface area contributed by atoms with Crippen LogP contribution in [-0.2, 0) is 14.8 Å². The van der Waals surface area contributed by atoms with Crippen molar-refractivity contribution in [2.24, 2.45) is 5.73 Å². The van der Waals surface area contributed by atoms with Gasteiger partial charge in [-0.1, -0.05) is 11.6 Å². The number of nitrogens with two attached hydrogens (primary N) is 1. The van der Waals surface area contributed by atoms with Crippen molar-refractivity contribution in [2.45, 2.75) is 24.7 Å². The minimum absolute atomic E-state index is 0.00113. The summed E-state index contributed by atoms with van der Waals surface area (Å²) in [5, 5.41) is 10.7. The molecule has 0 spiro atoms. The number of aryl methyl sites for hydroxylation is 1. The summed E-state index contributed by atoms with van der Waals surface area (Å²) < 4.78 is 26.4. The summed E-state index contributed by atoms with van der Waals surface area (Å²) in [6.07, 6.45) is 0.283. The first-order chi connectivity index (χ1) is 9.65. The van der Waals surface area contributed by atoms with Crippen LogP contribution in [0.4, 0.5) is 5.69 Å². The van der Waals surface area contributed by atoms with Gasteiger partial charge in [-0.3, -0.25) is 14.9 Å². The van der Waals surface area contributed by atoms with E-state index >= 15 is 0 Å². The predicted octanol–water partition coefficient (Wildman–Crippen LogP) is 1.10. The van der Waals surface area contributed by atoms with Crippen molar-refractivity contribution in [2.75, 3.05) is 6.54 Å². The number of benzene rings is 1. The molecule has 116 valence electrons. The fourth-order valence-electron chi connectivity index (χ4n) is 1.62. The van der Waals surface area contributed by atoms with E-state index in [2.05, 4.69) is 4.72 Å². The van der Waals surface area contributed by atoms with Gasteiger partial charge in [-0.15, -0.1) is 0 Å². The zero-order chi connectivity index (χ0) is 16.2. The van der Waals surface area contributed by atoms with Gasteiger partial charge < -0.3 is 5.73 Å². The van der Waals surface area contributed by atoms with Crippen LogP contribution in [0.25, 0.3) is 0 Å². The van der Waals surface area contributed by atoms with Gasteiger partial charge >= 0.3 is 0 Å². The van der Waals surface area contributed by atoms with Crippen LogP contribution in [0, 0.1) is 17.0 Å². The Balaban J connectivity index is 3.00. The number of primary amides is 1. The maximum atomic E-state index is 12.1. The van der Waals surface area contributed by atoms with E-state index in [0.29, 0.717) is 0 Å². The SMILES string of the molecule is Cc1cc(Cl)c([N+](=O)[O-])cc1S(=O)(=O)NCCCC(N)=O. The Kier molecular flexibility index (Phi) is 5.64. The number of carbonyl (C=O) groups is 1. The number of rotatable bonds is 7. The van der Waals surface area contributed by atoms with Gasteiger partial charge in [0.25, 0.3) is 5.69 Å². The first-order valence-electron chi connectivity index (χ1n) is 5.87. The van der Waals surface area contributed by atoms with Crippen molar-refractivity contribution in [1.29, 1.82) is 0 Å². The van der Waals surface area contributed by atoms with Gasteiger partial charge in [0, 0.05) is 19.0 Å². The highest BCUT2D eigenvalue weighted by molar-refractivity contribution is 7.89. The minimum atomic E-state index is -3.93. The number of carbonyl (C=O) groups excluding carboxylic acids is 1. The third-order valence-electron chi connectivity index (χ3n) is 2.62. The minimum Gasteiger partial charge on any atom is -0.370 e. The van der Waals surface area contributed by atoms with Gasteiger partial charge in [-0.05, 0) is 25.0 Å². The number of sulfonamides is 1. The Morgan fingerprint density at radius 1 is 1.48 bits per heavy atom. The average Bonchev–Trinajstić information content (AvgIpc) is 2.33. The van der Waals surface area contributed by atoms with E-state index in [9.17, 15) is 23.3 Å². The van der Waals surface area contributed by atoms with Crippen LogP contribution in [0.2, 0.25) is 5.02 Å². The van der Waals surface area contributed by atoms with Crippen molar-refractivity contribution in [1.82, 2.24) is 4.72 Å². The maximum absolute atomic E-state index is 12.1. The molecule has 0 atom stereocenters. The summed E-state index contributed by atoms with van der Waals surface area (Å²) in [5.41, 5.74) is 4.74. The molecule has 0 radical (unpaired) electrons. The second-order valence-corrected chi connectivity index (χ2v) is 6.44. The van der Waals surface area contributed by atoms with Crippen LogP contribution in [-0.4, -0.2) is 25.8 Å². The molecule has 0 saturated heterocycles. The van der Waals surface area contributed by atoms with Gasteiger partial charge in [-0.25, -0.2) is 13.1 Å². The molecular formula is C11H14ClN3O5S. The van der Waals surface area contributed by atoms with Crippen molar-refractivity contribution >= 4 is 33.2 Å². The summed E-state index contributed by atoms with van der Waals surface area (Å²) in [6, 6.07) is 2.13. The van der Waals surface area contributed by atoms with E-state index < -0.39 is 26.5 Å². The Hall–Kier alpha value is -1.71. The largest absolute Gasteiger partial charge is 0.370 e. The number of nitrogens with zero attached hydrogens (tertiary/aromatic N) is 1. The monoisotopic (exact) mass is 335 g/mol. The quantitative estimate of drug-likeness (QED) is 0.437. The third-order valence-corrected chi connectivity index (χ3v) is 4.53. The molecule has 8 nitrogen and oxygen atoms in total. The fraction of sp³-hybridized carbons (Fsp3) is 0.364. The molecule has 0 aromatic heterocycles. The van der Waals surface area contributed by atoms with Crippen LogP contribution in [0.1, 0.15) is 18.4 Å². The Labute approximate surface area is 126 Å². The molecule has 1 aromatic rings. The molecule has 0 saturated carbocycles. The summed E-state index contributed by atoms with van der Waals surface area (Å²) in [4.78, 5) is 20.4. The lowest BCUT2D eigenvalue weighted by molar-refractivity contribution is -0.384. The zero-order valence-electron chi connectivity index (χ0n) is 11.1. The second-order valence-electron chi connectivity index (χ2n) is 4.29. The van der Waals surface area contributed by atoms with Gasteiger partial charge in [-0.2, -0.15) is 0 Å². The molecule has 0 fully saturated rings. The smallest absolute Gasteiger partial charge is 0.289 e. The summed E-state index contributed by atoms with van der Waals surface area (Å²) in [6.45, 7) is 1.48. The molecule has 0 unspecified atom stereocenters. The van der Waals surface area contributed by atoms with Gasteiger partial charge in [0.1, 0.15) is 5.02 Å². The fourth-order valence-corrected chi connectivity index (χ4v) is 3.22. The summed E-state index contributed by atoms with van der Waals surface area (Å²) >= 11 is 5.70. The highest BCUT2D eigenvalue weighted by atomic mass is 35.5. The van der Waals surface area contributed by atoms with Gasteiger partial charge in [0.05, 0.1) is 9.82 Å². The van der Waals surface area contributed by atoms with Gasteiger partial charge in [0.15, 0.2) is 0 Å². The van der Waals surface area contributed by atoms with Crippen LogP contribution in [0.5, 0.6) is 0 Å². The van der Waals surface area contributed by atoms with E-state index in [-0.39, 0.29) is 34.9 Å². The normalized spacial score (nSPS) is 11.3. The van der Waals surface area contributed by atoms with E-state index in [4.69, 9.17) is 17.3 Å². The first-order valence-corrected chi connectivity index (χ1v) is 7.74. The van der Waals surface area contributed by atoms with Crippen molar-refractivity contribution in [3.05, 3.63) is 32.8 Å². The molecule has 1 rings (SSSR count). The Morgan fingerprint density at radius 3 is 2.62 bits per heavy atom. The van der Waals surface area contributed by atoms with E-state index in [1.165, 1.54) is 13.0 Å². The molecule has 0 aliphatic carbocycles. The van der Waals surface area contributed by atoms with Gasteiger partial charge in [0.2, 0.25) is 15.9 Å². The second kappa shape index (κ2) is 6.83. The molecule has 0 aliphatic heterocycles. The molecular weight excluding hydrogens is 322 g/mol. The van der Waals surface area contributed by atoms with Crippen LogP contribution < -0.4 is 10.5 Å². The lowest BCUT2D eigenvalue weighted by Gasteiger charge is -2.09. The van der Waals surface area contributed by atoms with Crippen LogP contribution in [0.15, 0.2) is 17.0 Å². The van der Waals surface area contributed by atoms with Crippen molar-refractivity contribution < 1.29 is 18.1 Å². The first kappa shape index (κ1) is 17.3. The molecule has 1 aromatic carbocycles. The molecule has 1 amide bonds. The summed E-state index contributed by atoms with van der Waals surface area (Å²) in [7, 11) is -3.93. The zero-order valence-corrected chi connectivity index (χ0v) is 12.7. The Morgan fingerprint density at radius 2 is 2.10 bits per heavy atom. The average molecular weight is 336 g/mol. The van der Waals surface area contributed by atoms with Crippen LogP contribution >= 0.6 is 11.6 Å². The third kappa shape index (κ3) is 4.66. The van der Waals surface area contributed by atoms with Crippen molar-refractivity contribution in [3.63, 3.8) is 0 Å². The van der Waals surface area contributed by atoms with Crippen LogP contribution in [0.3, 0.4) is 0 Å². The standard InChI is InChI=1S/C11H14ClN3O5S/c1-7-5-8(12)9(15(17)18)6-10(7)21(19,20)14-4-2-3-11(13)16/h5-6,14H,2-4H2,1H3,(H2,13,16). The number of hydrogen-bond acceptors (Lipinski definition) is 5. The molecule has 0 heterocycles. The topological polar surface area (TPSA) is 132 Å². The number of halogens is 1. The lowest BCUT2D eigenvalue weighted by atomic mass is 10.2. The Bertz CT molecular complexity index is 675. The number of nitro benzene ring substituents is 1. The molecule has 0 aliphatic rings. The van der Waals surface area contributed by atoms with Crippen molar-refractivity contribution in [3.8, 4) is 0 Å². The number of nitro groups is 1. The molecule has 21 heavy (non-hydrogen) atoms. The number of amides is 1. The highest BCUT2D eigenvalue weighted by Gasteiger charge is 2.23. The summed E-state index contributed by atoms with van der Waals surface area (Å²) in [5.74, 6) is -0.535. The maximum Gasteiger partial charge on any atom is 0.289 e. The lowest BCUT2D eigenvalue weighted by Crippen LogP contribution is -2.26.